The number of benzene rings is 3. The van der Waals surface area contributed by atoms with Gasteiger partial charge in [-0.1, -0.05) is 24.3 Å². The van der Waals surface area contributed by atoms with Gasteiger partial charge < -0.3 is 18.9 Å². The van der Waals surface area contributed by atoms with Crippen molar-refractivity contribution < 1.29 is 33.4 Å². The third kappa shape index (κ3) is 4.01. The lowest BCUT2D eigenvalue weighted by molar-refractivity contribution is -0.126. The molecule has 3 aromatic carbocycles. The summed E-state index contributed by atoms with van der Waals surface area (Å²) in [7, 11) is 4.58. The Morgan fingerprint density at radius 2 is 1.54 bits per heavy atom. The molecule has 0 saturated carbocycles. The van der Waals surface area contributed by atoms with Crippen molar-refractivity contribution in [2.75, 3.05) is 37.9 Å². The van der Waals surface area contributed by atoms with E-state index in [4.69, 9.17) is 23.8 Å². The van der Waals surface area contributed by atoms with E-state index in [9.17, 15) is 9.59 Å². The van der Waals surface area contributed by atoms with Crippen molar-refractivity contribution in [2.45, 2.75) is 19.1 Å². The summed E-state index contributed by atoms with van der Waals surface area (Å²) in [6.07, 6.45) is -1.02. The predicted octanol–water partition coefficient (Wildman–Crippen LogP) is 4.16. The molecule has 9 heteroatoms. The van der Waals surface area contributed by atoms with Crippen LogP contribution >= 0.6 is 0 Å². The van der Waals surface area contributed by atoms with Gasteiger partial charge in [0.2, 0.25) is 11.7 Å². The quantitative estimate of drug-likeness (QED) is 0.423. The third-order valence-electron chi connectivity index (χ3n) is 6.57. The largest absolute Gasteiger partial charge is 0.494 e. The summed E-state index contributed by atoms with van der Waals surface area (Å²) in [6.45, 7) is 2.34. The van der Waals surface area contributed by atoms with Gasteiger partial charge in [0.15, 0.2) is 17.6 Å². The highest BCUT2D eigenvalue weighted by atomic mass is 16.7. The number of rotatable bonds is 8. The second-order valence-corrected chi connectivity index (χ2v) is 8.52. The van der Waals surface area contributed by atoms with Gasteiger partial charge in [-0.05, 0) is 43.3 Å². The molecule has 2 aliphatic rings. The van der Waals surface area contributed by atoms with Crippen LogP contribution in [-0.2, 0) is 14.4 Å². The molecule has 0 aromatic heterocycles. The van der Waals surface area contributed by atoms with Gasteiger partial charge in [-0.3, -0.25) is 14.4 Å². The maximum Gasteiger partial charge on any atom is 0.266 e. The van der Waals surface area contributed by atoms with E-state index in [0.717, 1.165) is 0 Å². The molecule has 0 bridgehead atoms. The van der Waals surface area contributed by atoms with Crippen LogP contribution < -0.4 is 28.9 Å². The fourth-order valence-corrected chi connectivity index (χ4v) is 5.02. The summed E-state index contributed by atoms with van der Waals surface area (Å²) in [5, 5.41) is 1.61. The summed E-state index contributed by atoms with van der Waals surface area (Å²) in [4.78, 5) is 35.0. The molecule has 2 amide bonds. The van der Waals surface area contributed by atoms with Gasteiger partial charge in [-0.2, -0.15) is 0 Å². The van der Waals surface area contributed by atoms with E-state index in [1.54, 1.807) is 35.4 Å². The highest BCUT2D eigenvalue weighted by Crippen LogP contribution is 2.52. The maximum absolute atomic E-state index is 14.0. The van der Waals surface area contributed by atoms with Gasteiger partial charge in [0.25, 0.3) is 5.91 Å². The van der Waals surface area contributed by atoms with Gasteiger partial charge in [-0.15, -0.1) is 0 Å². The smallest absolute Gasteiger partial charge is 0.266 e. The number of nitrogens with zero attached hydrogens (tertiary/aromatic N) is 2. The molecule has 5 rings (SSSR count). The molecule has 0 N–H and O–H groups in total. The van der Waals surface area contributed by atoms with Crippen molar-refractivity contribution in [2.24, 2.45) is 5.92 Å². The minimum Gasteiger partial charge on any atom is -0.494 e. The van der Waals surface area contributed by atoms with Crippen molar-refractivity contribution in [1.82, 2.24) is 0 Å². The zero-order chi connectivity index (χ0) is 26.1. The normalized spacial score (nSPS) is 20.7. The molecule has 3 atom stereocenters. The van der Waals surface area contributed by atoms with E-state index < -0.39 is 24.0 Å². The maximum atomic E-state index is 14.0. The minimum absolute atomic E-state index is 0.371. The van der Waals surface area contributed by atoms with E-state index in [0.29, 0.717) is 46.5 Å². The van der Waals surface area contributed by atoms with Crippen LogP contribution in [0.25, 0.3) is 0 Å². The fraction of sp³-hybridized carbons (Fsp3) is 0.286. The highest BCUT2D eigenvalue weighted by Gasteiger charge is 2.61. The topological polar surface area (TPSA) is 86.8 Å². The second kappa shape index (κ2) is 10.0. The molecule has 3 aromatic rings. The Morgan fingerprint density at radius 3 is 2.22 bits per heavy atom. The Balaban J connectivity index is 1.63. The van der Waals surface area contributed by atoms with E-state index in [1.165, 1.54) is 26.2 Å². The summed E-state index contributed by atoms with van der Waals surface area (Å²) in [5.74, 6) is 0.188. The monoisotopic (exact) mass is 504 g/mol. The van der Waals surface area contributed by atoms with Crippen molar-refractivity contribution in [3.05, 3.63) is 72.3 Å². The van der Waals surface area contributed by atoms with Crippen molar-refractivity contribution in [1.29, 1.82) is 0 Å². The molecule has 0 radical (unpaired) electrons. The number of fused-ring (bicyclic) bond motifs is 1. The number of hydrogen-bond acceptors (Lipinski definition) is 8. The van der Waals surface area contributed by atoms with Crippen LogP contribution in [0.5, 0.6) is 23.0 Å². The number of amides is 2. The number of hydroxylamine groups is 1. The molecule has 2 fully saturated rings. The molecule has 2 aliphatic heterocycles. The third-order valence-corrected chi connectivity index (χ3v) is 6.57. The molecule has 2 saturated heterocycles. The molecular formula is C28H28N2O7. The zero-order valence-corrected chi connectivity index (χ0v) is 21.0. The van der Waals surface area contributed by atoms with E-state index in [-0.39, 0.29) is 5.91 Å². The lowest BCUT2D eigenvalue weighted by Gasteiger charge is -2.30. The van der Waals surface area contributed by atoms with Gasteiger partial charge >= 0.3 is 0 Å². The van der Waals surface area contributed by atoms with Crippen LogP contribution in [0.3, 0.4) is 0 Å². The Kier molecular flexibility index (Phi) is 6.62. The van der Waals surface area contributed by atoms with Crippen molar-refractivity contribution in [3.63, 3.8) is 0 Å². The molecule has 37 heavy (non-hydrogen) atoms. The molecule has 0 spiro atoms. The first-order valence-electron chi connectivity index (χ1n) is 11.9. The average molecular weight is 505 g/mol. The van der Waals surface area contributed by atoms with Gasteiger partial charge in [-0.25, -0.2) is 9.96 Å². The number of carbonyl (C=O) groups excluding carboxylic acids is 2. The van der Waals surface area contributed by atoms with E-state index in [2.05, 4.69) is 0 Å². The van der Waals surface area contributed by atoms with Crippen LogP contribution in [0.4, 0.5) is 11.4 Å². The van der Waals surface area contributed by atoms with E-state index in [1.807, 2.05) is 43.3 Å². The summed E-state index contributed by atoms with van der Waals surface area (Å²) in [5.41, 5.74) is 1.76. The lowest BCUT2D eigenvalue weighted by atomic mass is 9.89. The second-order valence-electron chi connectivity index (χ2n) is 8.52. The van der Waals surface area contributed by atoms with Crippen LogP contribution in [-0.4, -0.2) is 45.9 Å². The SMILES string of the molecule is CCOc1cccc(N2C(=O)[C@@H]3[C@H](ON(c4ccccc4)[C@@H]3c3ccc(OC)c(OC)c3OC)C2=O)c1. The Hall–Kier alpha value is -4.24. The number of imide groups is 1. The van der Waals surface area contributed by atoms with E-state index >= 15 is 0 Å². The highest BCUT2D eigenvalue weighted by molar-refractivity contribution is 6.24. The first kappa shape index (κ1) is 24.5. The van der Waals surface area contributed by atoms with Crippen LogP contribution in [0.15, 0.2) is 66.7 Å². The molecule has 0 unspecified atom stereocenters. The average Bonchev–Trinajstić information content (AvgIpc) is 3.43. The lowest BCUT2D eigenvalue weighted by Crippen LogP contribution is -2.37. The van der Waals surface area contributed by atoms with Crippen LogP contribution in [0.2, 0.25) is 0 Å². The first-order valence-corrected chi connectivity index (χ1v) is 11.9. The molecule has 192 valence electrons. The van der Waals surface area contributed by atoms with Gasteiger partial charge in [0.05, 0.1) is 39.3 Å². The number of hydrogen-bond donors (Lipinski definition) is 0. The van der Waals surface area contributed by atoms with Gasteiger partial charge in [0, 0.05) is 11.6 Å². The predicted molar refractivity (Wildman–Crippen MR) is 136 cm³/mol. The number of anilines is 2. The fourth-order valence-electron chi connectivity index (χ4n) is 5.02. The Morgan fingerprint density at radius 1 is 0.811 bits per heavy atom. The molecular weight excluding hydrogens is 476 g/mol. The minimum atomic E-state index is -1.02. The number of methoxy groups -OCH3 is 3. The van der Waals surface area contributed by atoms with Crippen LogP contribution in [0, 0.1) is 5.92 Å². The summed E-state index contributed by atoms with van der Waals surface area (Å²) < 4.78 is 22.4. The standard InChI is InChI=1S/C28H28N2O7/c1-5-36-19-13-9-12-18(16-19)29-27(31)22-23(20-14-15-21(33-2)25(35-4)24(20)34-3)30(37-26(22)28(29)32)17-10-7-6-8-11-17/h6-16,22-23,26H,5H2,1-4H3/t22-,23+,26-/m0/s1. The van der Waals surface area contributed by atoms with Crippen LogP contribution in [0.1, 0.15) is 18.5 Å². The van der Waals surface area contributed by atoms with Crippen molar-refractivity contribution in [3.8, 4) is 23.0 Å². The molecule has 0 aliphatic carbocycles. The number of carbonyl (C=O) groups is 2. The van der Waals surface area contributed by atoms with Gasteiger partial charge in [0.1, 0.15) is 17.7 Å². The Labute approximate surface area is 215 Å². The first-order chi connectivity index (χ1) is 18.0. The Bertz CT molecular complexity index is 1310. The summed E-state index contributed by atoms with van der Waals surface area (Å²) >= 11 is 0. The molecule has 2 heterocycles. The molecule has 9 nitrogen and oxygen atoms in total. The zero-order valence-electron chi connectivity index (χ0n) is 21.0. The number of para-hydroxylation sites is 1. The summed E-state index contributed by atoms with van der Waals surface area (Å²) in [6, 6.07) is 19.1. The number of ether oxygens (including phenoxy) is 4. The van der Waals surface area contributed by atoms with Crippen molar-refractivity contribution >= 4 is 23.2 Å².